The van der Waals surface area contributed by atoms with Gasteiger partial charge in [0, 0.05) is 31.2 Å². The lowest BCUT2D eigenvalue weighted by Crippen LogP contribution is -2.61. The molecule has 2 aromatic rings. The molecule has 0 aliphatic carbocycles. The molecule has 1 heterocycles. The Labute approximate surface area is 389 Å². The molecule has 0 aliphatic rings. The van der Waals surface area contributed by atoms with Gasteiger partial charge in [-0.3, -0.25) is 38.4 Å². The van der Waals surface area contributed by atoms with Crippen molar-refractivity contribution in [2.75, 3.05) is 6.61 Å². The van der Waals surface area contributed by atoms with Crippen molar-refractivity contribution in [1.29, 1.82) is 0 Å². The third-order valence-corrected chi connectivity index (χ3v) is 10.7. The molecule has 0 bridgehead atoms. The quantitative estimate of drug-likeness (QED) is 0.0425. The first-order valence-corrected chi connectivity index (χ1v) is 22.2. The number of nitrogens with two attached hydrogens (primary N) is 2. The third-order valence-electron chi connectivity index (χ3n) is 10.7. The second-order valence-electron chi connectivity index (χ2n) is 17.5. The lowest BCUT2D eigenvalue weighted by Gasteiger charge is -2.28. The number of aromatic nitrogens is 2. The van der Waals surface area contributed by atoms with Gasteiger partial charge in [0.2, 0.25) is 47.3 Å². The molecule has 1 aromatic carbocycles. The maximum absolute atomic E-state index is 14.1. The number of hydrogen-bond acceptors (Lipinski definition) is 13. The van der Waals surface area contributed by atoms with Crippen molar-refractivity contribution in [2.45, 2.75) is 142 Å². The number of carbonyl (C=O) groups excluding carboxylic acids is 8. The number of aromatic hydroxyl groups is 1. The van der Waals surface area contributed by atoms with Gasteiger partial charge >= 0.3 is 5.97 Å². The van der Waals surface area contributed by atoms with E-state index in [4.69, 9.17) is 11.5 Å². The van der Waals surface area contributed by atoms with E-state index in [1.807, 2.05) is 13.8 Å². The molecule has 23 nitrogen and oxygen atoms in total. The smallest absolute Gasteiger partial charge is 0.326 e. The van der Waals surface area contributed by atoms with Crippen molar-refractivity contribution in [3.8, 4) is 5.75 Å². The average Bonchev–Trinajstić information content (AvgIpc) is 3.78. The van der Waals surface area contributed by atoms with Gasteiger partial charge in [-0.2, -0.15) is 0 Å². The standard InChI is InChI=1S/C44H69N11O12/c1-8-24(6)36(44(66)67)55-42(64)32(17-26-9-11-28(57)12-10-26)52-40(62)31(16-23(4)5)51-39(61)30(13-14-35(46)58)50-41(63)33(18-27-19-47-21-48-27)53-43(65)34(20-56)54-37(59)25(7)49-38(60)29(45)15-22(2)3/h9-12,19,21-25,29-34,36,56-57H,8,13-18,20,45H2,1-7H3,(H2,46,58)(H,47,48)(H,49,60)(H,50,63)(H,51,61)(H,52,62)(H,53,65)(H,54,59)(H,55,64)(H,66,67)/t24-,25-,29-,30-,31-,32-,33-,34-,36-/m0/s1. The molecule has 0 radical (unpaired) electrons. The maximum Gasteiger partial charge on any atom is 0.326 e. The number of aliphatic hydroxyl groups is 1. The summed E-state index contributed by atoms with van der Waals surface area (Å²) in [6.45, 7) is 11.1. The number of rotatable bonds is 29. The zero-order chi connectivity index (χ0) is 50.5. The van der Waals surface area contributed by atoms with E-state index in [9.17, 15) is 58.5 Å². The van der Waals surface area contributed by atoms with Crippen LogP contribution < -0.4 is 48.7 Å². The summed E-state index contributed by atoms with van der Waals surface area (Å²) in [5.74, 6) is -8.86. The van der Waals surface area contributed by atoms with Crippen molar-refractivity contribution < 1.29 is 58.5 Å². The highest BCUT2D eigenvalue weighted by molar-refractivity contribution is 5.98. The molecule has 23 heteroatoms. The van der Waals surface area contributed by atoms with Gasteiger partial charge in [-0.1, -0.05) is 60.1 Å². The summed E-state index contributed by atoms with van der Waals surface area (Å²) in [7, 11) is 0. The van der Waals surface area contributed by atoms with E-state index in [0.29, 0.717) is 24.1 Å². The zero-order valence-corrected chi connectivity index (χ0v) is 39.1. The summed E-state index contributed by atoms with van der Waals surface area (Å²) in [6, 6.07) is -5.00. The topological polar surface area (TPSA) is 379 Å². The summed E-state index contributed by atoms with van der Waals surface area (Å²) in [5, 5.41) is 47.3. The fourth-order valence-corrected chi connectivity index (χ4v) is 6.68. The van der Waals surface area contributed by atoms with E-state index in [1.54, 1.807) is 27.7 Å². The highest BCUT2D eigenvalue weighted by atomic mass is 16.4. The Morgan fingerprint density at radius 3 is 1.69 bits per heavy atom. The summed E-state index contributed by atoms with van der Waals surface area (Å²) < 4.78 is 0. The van der Waals surface area contributed by atoms with Gasteiger partial charge in [0.15, 0.2) is 0 Å². The van der Waals surface area contributed by atoms with Gasteiger partial charge in [0.25, 0.3) is 0 Å². The van der Waals surface area contributed by atoms with Crippen LogP contribution in [-0.4, -0.2) is 133 Å². The van der Waals surface area contributed by atoms with Gasteiger partial charge in [0.1, 0.15) is 48.0 Å². The number of benzene rings is 1. The van der Waals surface area contributed by atoms with Crippen LogP contribution in [0.1, 0.15) is 91.8 Å². The number of nitrogens with zero attached hydrogens (tertiary/aromatic N) is 1. The number of aliphatic carboxylic acids is 1. The van der Waals surface area contributed by atoms with Gasteiger partial charge in [-0.05, 0) is 61.6 Å². The molecular weight excluding hydrogens is 875 g/mol. The van der Waals surface area contributed by atoms with Gasteiger partial charge in [0.05, 0.1) is 19.0 Å². The molecular formula is C44H69N11O12. The van der Waals surface area contributed by atoms with Crippen molar-refractivity contribution in [3.63, 3.8) is 0 Å². The van der Waals surface area contributed by atoms with Crippen LogP contribution in [0.5, 0.6) is 5.75 Å². The second kappa shape index (κ2) is 27.8. The summed E-state index contributed by atoms with van der Waals surface area (Å²) in [6.07, 6.45) is 2.26. The van der Waals surface area contributed by atoms with Crippen molar-refractivity contribution in [1.82, 2.24) is 47.2 Å². The van der Waals surface area contributed by atoms with E-state index >= 15 is 0 Å². The van der Waals surface area contributed by atoms with Gasteiger partial charge < -0.3 is 69.0 Å². The van der Waals surface area contributed by atoms with Crippen LogP contribution in [0.3, 0.4) is 0 Å². The van der Waals surface area contributed by atoms with E-state index in [1.165, 1.54) is 43.7 Å². The molecule has 372 valence electrons. The number of amides is 8. The number of primary amides is 1. The van der Waals surface area contributed by atoms with Crippen LogP contribution in [0.2, 0.25) is 0 Å². The lowest BCUT2D eigenvalue weighted by atomic mass is 9.97. The number of imidazole rings is 1. The number of phenols is 1. The first-order valence-electron chi connectivity index (χ1n) is 22.2. The van der Waals surface area contributed by atoms with E-state index in [2.05, 4.69) is 47.2 Å². The molecule has 15 N–H and O–H groups in total. The largest absolute Gasteiger partial charge is 0.508 e. The number of carboxylic acid groups (broad SMARTS) is 1. The summed E-state index contributed by atoms with van der Waals surface area (Å²) in [4.78, 5) is 126. The van der Waals surface area contributed by atoms with E-state index in [-0.39, 0.29) is 43.3 Å². The molecule has 8 amide bonds. The molecule has 67 heavy (non-hydrogen) atoms. The molecule has 9 atom stereocenters. The van der Waals surface area contributed by atoms with Crippen molar-refractivity contribution >= 4 is 53.2 Å². The molecule has 1 aromatic heterocycles. The number of nitrogens with one attached hydrogen (secondary N) is 8. The lowest BCUT2D eigenvalue weighted by molar-refractivity contribution is -0.144. The molecule has 0 saturated carbocycles. The van der Waals surface area contributed by atoms with Crippen LogP contribution in [0.25, 0.3) is 0 Å². The minimum atomic E-state index is -1.62. The first-order chi connectivity index (χ1) is 31.4. The summed E-state index contributed by atoms with van der Waals surface area (Å²) >= 11 is 0. The third kappa shape index (κ3) is 19.8. The second-order valence-corrected chi connectivity index (χ2v) is 17.5. The fourth-order valence-electron chi connectivity index (χ4n) is 6.68. The number of aromatic amines is 1. The van der Waals surface area contributed by atoms with Gasteiger partial charge in [-0.15, -0.1) is 0 Å². The van der Waals surface area contributed by atoms with Crippen molar-refractivity contribution in [2.24, 2.45) is 29.2 Å². The Bertz CT molecular complexity index is 1980. The normalized spacial score (nSPS) is 15.3. The predicted molar refractivity (Wildman–Crippen MR) is 243 cm³/mol. The summed E-state index contributed by atoms with van der Waals surface area (Å²) in [5.41, 5.74) is 12.2. The SMILES string of the molecule is CC[C@H](C)[C@H](NC(=O)[C@H](Cc1ccc(O)cc1)NC(=O)[C@H](CC(C)C)NC(=O)[C@H](CCC(N)=O)NC(=O)[C@H](Cc1cnc[nH]1)NC(=O)[C@H](CO)NC(=O)[C@H](C)NC(=O)[C@@H](N)CC(C)C)C(=O)O. The monoisotopic (exact) mass is 944 g/mol. The van der Waals surface area contributed by atoms with Crippen LogP contribution in [0.15, 0.2) is 36.8 Å². The van der Waals surface area contributed by atoms with Crippen molar-refractivity contribution in [3.05, 3.63) is 48.0 Å². The minimum Gasteiger partial charge on any atom is -0.508 e. The number of carboxylic acids is 1. The van der Waals surface area contributed by atoms with E-state index < -0.39 is 121 Å². The molecule has 0 spiro atoms. The van der Waals surface area contributed by atoms with Gasteiger partial charge in [-0.25, -0.2) is 9.78 Å². The zero-order valence-electron chi connectivity index (χ0n) is 39.1. The Morgan fingerprint density at radius 1 is 0.657 bits per heavy atom. The van der Waals surface area contributed by atoms with Crippen LogP contribution in [0, 0.1) is 17.8 Å². The van der Waals surface area contributed by atoms with Crippen LogP contribution in [-0.2, 0) is 56.0 Å². The Hall–Kier alpha value is -6.62. The highest BCUT2D eigenvalue weighted by Crippen LogP contribution is 2.15. The molecule has 0 saturated heterocycles. The number of aliphatic hydroxyl groups excluding tert-OH is 1. The van der Waals surface area contributed by atoms with Crippen LogP contribution in [0.4, 0.5) is 0 Å². The molecule has 2 rings (SSSR count). The molecule has 0 aliphatic heterocycles. The number of carbonyl (C=O) groups is 9. The predicted octanol–water partition coefficient (Wildman–Crippen LogP) is -1.88. The first kappa shape index (κ1) is 56.5. The molecule has 0 unspecified atom stereocenters. The maximum atomic E-state index is 14.1. The Balaban J connectivity index is 2.39. The fraction of sp³-hybridized carbons (Fsp3) is 0.591. The minimum absolute atomic E-state index is 0.00600. The number of phenolic OH excluding ortho intramolecular Hbond substituents is 1. The highest BCUT2D eigenvalue weighted by Gasteiger charge is 2.35. The molecule has 0 fully saturated rings. The number of H-pyrrole nitrogens is 1. The van der Waals surface area contributed by atoms with Crippen LogP contribution >= 0.6 is 0 Å². The average molecular weight is 944 g/mol. The number of hydrogen-bond donors (Lipinski definition) is 13. The Morgan fingerprint density at radius 2 is 1.16 bits per heavy atom. The van der Waals surface area contributed by atoms with E-state index in [0.717, 1.165) is 0 Å². The Kier molecular flexibility index (Phi) is 23.4.